The van der Waals surface area contributed by atoms with Gasteiger partial charge >= 0.3 is 0 Å². The summed E-state index contributed by atoms with van der Waals surface area (Å²) in [5, 5.41) is 4.00. The van der Waals surface area contributed by atoms with Gasteiger partial charge in [-0.05, 0) is 18.9 Å². The lowest BCUT2D eigenvalue weighted by Gasteiger charge is -2.12. The molecule has 1 aliphatic heterocycles. The Labute approximate surface area is 86.9 Å². The highest BCUT2D eigenvalue weighted by atomic mass is 35.5. The highest BCUT2D eigenvalue weighted by Crippen LogP contribution is 2.22. The van der Waals surface area contributed by atoms with E-state index in [0.717, 1.165) is 35.6 Å². The van der Waals surface area contributed by atoms with Crippen molar-refractivity contribution in [3.8, 4) is 0 Å². The van der Waals surface area contributed by atoms with E-state index in [-0.39, 0.29) is 0 Å². The monoisotopic (exact) mass is 217 g/mol. The van der Waals surface area contributed by atoms with Gasteiger partial charge in [0.25, 0.3) is 0 Å². The molecule has 1 fully saturated rings. The Morgan fingerprint density at radius 1 is 1.69 bits per heavy atom. The summed E-state index contributed by atoms with van der Waals surface area (Å²) in [5.74, 6) is 0.811. The van der Waals surface area contributed by atoms with Crippen LogP contribution >= 0.6 is 23.1 Å². The predicted octanol–water partition coefficient (Wildman–Crippen LogP) is 2.03. The van der Waals surface area contributed by atoms with Crippen molar-refractivity contribution >= 4 is 23.1 Å². The van der Waals surface area contributed by atoms with E-state index in [0.29, 0.717) is 0 Å². The number of aromatic nitrogens is 2. The number of rotatable bonds is 2. The van der Waals surface area contributed by atoms with E-state index in [4.69, 9.17) is 11.6 Å². The maximum absolute atomic E-state index is 5.92. The lowest BCUT2D eigenvalue weighted by molar-refractivity contribution is 0.316. The third-order valence-corrected chi connectivity index (χ3v) is 3.38. The molecule has 0 spiro atoms. The Hall–Kier alpha value is -0.190. The van der Waals surface area contributed by atoms with Gasteiger partial charge in [-0.2, -0.15) is 0 Å². The van der Waals surface area contributed by atoms with Crippen molar-refractivity contribution in [2.75, 3.05) is 13.1 Å². The second-order valence-electron chi connectivity index (χ2n) is 3.62. The van der Waals surface area contributed by atoms with Crippen molar-refractivity contribution in [3.63, 3.8) is 0 Å². The van der Waals surface area contributed by atoms with Gasteiger partial charge in [-0.15, -0.1) is 5.10 Å². The molecule has 0 aromatic carbocycles. The minimum absolute atomic E-state index is 0.736. The van der Waals surface area contributed by atoms with E-state index >= 15 is 0 Å². The highest BCUT2D eigenvalue weighted by molar-refractivity contribution is 7.10. The summed E-state index contributed by atoms with van der Waals surface area (Å²) in [5.41, 5.74) is 0.931. The topological polar surface area (TPSA) is 29.0 Å². The Bertz CT molecular complexity index is 289. The number of hydrogen-bond acceptors (Lipinski definition) is 4. The van der Waals surface area contributed by atoms with Crippen LogP contribution in [0.5, 0.6) is 0 Å². The molecule has 1 saturated heterocycles. The second kappa shape index (κ2) is 3.90. The Morgan fingerprint density at radius 2 is 2.54 bits per heavy atom. The largest absolute Gasteiger partial charge is 0.297 e. The van der Waals surface area contributed by atoms with Crippen LogP contribution in [0.15, 0.2) is 0 Å². The summed E-state index contributed by atoms with van der Waals surface area (Å²) in [7, 11) is 0. The zero-order chi connectivity index (χ0) is 9.26. The number of likely N-dealkylation sites (tertiary alicyclic amines) is 1. The summed E-state index contributed by atoms with van der Waals surface area (Å²) in [6.07, 6.45) is 1.29. The van der Waals surface area contributed by atoms with E-state index < -0.39 is 0 Å². The molecule has 5 heteroatoms. The minimum atomic E-state index is 0.736. The fourth-order valence-corrected chi connectivity index (χ4v) is 2.28. The van der Waals surface area contributed by atoms with Gasteiger partial charge in [0.2, 0.25) is 0 Å². The van der Waals surface area contributed by atoms with Crippen molar-refractivity contribution in [3.05, 3.63) is 10.0 Å². The maximum Gasteiger partial charge on any atom is 0.138 e. The van der Waals surface area contributed by atoms with Crippen molar-refractivity contribution in [1.82, 2.24) is 14.5 Å². The SMILES string of the molecule is CC1CCN(Cc2nnsc2Cl)C1. The van der Waals surface area contributed by atoms with Crippen molar-refractivity contribution in [2.24, 2.45) is 5.92 Å². The van der Waals surface area contributed by atoms with Crippen LogP contribution in [0.25, 0.3) is 0 Å². The summed E-state index contributed by atoms with van der Waals surface area (Å²) >= 11 is 7.19. The van der Waals surface area contributed by atoms with E-state index in [9.17, 15) is 0 Å². The van der Waals surface area contributed by atoms with Gasteiger partial charge in [0.15, 0.2) is 0 Å². The molecule has 13 heavy (non-hydrogen) atoms. The zero-order valence-corrected chi connectivity index (χ0v) is 9.11. The molecule has 2 rings (SSSR count). The van der Waals surface area contributed by atoms with E-state index in [1.807, 2.05) is 0 Å². The van der Waals surface area contributed by atoms with E-state index in [1.165, 1.54) is 18.0 Å². The Kier molecular flexibility index (Phi) is 2.81. The third kappa shape index (κ3) is 2.18. The van der Waals surface area contributed by atoms with Crippen LogP contribution in [0, 0.1) is 5.92 Å². The van der Waals surface area contributed by atoms with Crippen LogP contribution in [0.2, 0.25) is 4.34 Å². The van der Waals surface area contributed by atoms with Crippen molar-refractivity contribution < 1.29 is 0 Å². The molecule has 1 aromatic heterocycles. The summed E-state index contributed by atoms with van der Waals surface area (Å²) in [6.45, 7) is 5.46. The molecule has 0 bridgehead atoms. The van der Waals surface area contributed by atoms with Gasteiger partial charge in [0.05, 0.1) is 0 Å². The van der Waals surface area contributed by atoms with Gasteiger partial charge in [-0.25, -0.2) is 0 Å². The number of nitrogens with zero attached hydrogens (tertiary/aromatic N) is 3. The zero-order valence-electron chi connectivity index (χ0n) is 7.53. The molecular formula is C8H12ClN3S. The molecule has 1 atom stereocenters. The smallest absolute Gasteiger partial charge is 0.138 e. The van der Waals surface area contributed by atoms with Crippen LogP contribution in [-0.2, 0) is 6.54 Å². The normalized spacial score (nSPS) is 24.0. The van der Waals surface area contributed by atoms with Crippen LogP contribution in [-0.4, -0.2) is 27.6 Å². The van der Waals surface area contributed by atoms with Gasteiger partial charge in [-0.3, -0.25) is 4.90 Å². The summed E-state index contributed by atoms with van der Waals surface area (Å²) < 4.78 is 4.55. The van der Waals surface area contributed by atoms with Crippen LogP contribution in [0.1, 0.15) is 19.0 Å². The minimum Gasteiger partial charge on any atom is -0.297 e. The molecule has 1 aliphatic rings. The number of halogens is 1. The fourth-order valence-electron chi connectivity index (χ4n) is 1.67. The third-order valence-electron chi connectivity index (χ3n) is 2.39. The van der Waals surface area contributed by atoms with Gasteiger partial charge in [0, 0.05) is 24.6 Å². The quantitative estimate of drug-likeness (QED) is 0.759. The number of hydrogen-bond donors (Lipinski definition) is 0. The second-order valence-corrected chi connectivity index (χ2v) is 4.98. The maximum atomic E-state index is 5.92. The predicted molar refractivity (Wildman–Crippen MR) is 54.0 cm³/mol. The first-order valence-corrected chi connectivity index (χ1v) is 5.60. The lowest BCUT2D eigenvalue weighted by atomic mass is 10.2. The molecular weight excluding hydrogens is 206 g/mol. The molecule has 2 heterocycles. The first-order valence-electron chi connectivity index (χ1n) is 4.45. The average molecular weight is 218 g/mol. The average Bonchev–Trinajstić information content (AvgIpc) is 2.64. The van der Waals surface area contributed by atoms with Crippen LogP contribution < -0.4 is 0 Å². The van der Waals surface area contributed by atoms with E-state index in [2.05, 4.69) is 21.4 Å². The standard InChI is InChI=1S/C8H12ClN3S/c1-6-2-3-12(4-6)5-7-8(9)13-11-10-7/h6H,2-5H2,1H3. The molecule has 0 radical (unpaired) electrons. The van der Waals surface area contributed by atoms with E-state index in [1.54, 1.807) is 0 Å². The van der Waals surface area contributed by atoms with Crippen molar-refractivity contribution in [1.29, 1.82) is 0 Å². The van der Waals surface area contributed by atoms with Gasteiger partial charge in [-0.1, -0.05) is 23.0 Å². The molecule has 1 aromatic rings. The fraction of sp³-hybridized carbons (Fsp3) is 0.750. The van der Waals surface area contributed by atoms with Crippen LogP contribution in [0.3, 0.4) is 0 Å². The molecule has 72 valence electrons. The molecule has 0 N–H and O–H groups in total. The summed E-state index contributed by atoms with van der Waals surface area (Å²) in [6, 6.07) is 0. The lowest BCUT2D eigenvalue weighted by Crippen LogP contribution is -2.19. The molecule has 1 unspecified atom stereocenters. The first kappa shape index (κ1) is 9.37. The molecule has 0 aliphatic carbocycles. The molecule has 3 nitrogen and oxygen atoms in total. The molecule has 0 amide bonds. The Morgan fingerprint density at radius 3 is 3.08 bits per heavy atom. The Balaban J connectivity index is 1.95. The van der Waals surface area contributed by atoms with Crippen molar-refractivity contribution in [2.45, 2.75) is 19.9 Å². The first-order chi connectivity index (χ1) is 6.25. The summed E-state index contributed by atoms with van der Waals surface area (Å²) in [4.78, 5) is 2.38. The van der Waals surface area contributed by atoms with Gasteiger partial charge < -0.3 is 0 Å². The van der Waals surface area contributed by atoms with Crippen LogP contribution in [0.4, 0.5) is 0 Å². The molecule has 0 saturated carbocycles. The highest BCUT2D eigenvalue weighted by Gasteiger charge is 2.20. The van der Waals surface area contributed by atoms with Gasteiger partial charge in [0.1, 0.15) is 10.0 Å².